The molecular formula is C26H24N2O4S. The van der Waals surface area contributed by atoms with Gasteiger partial charge in [0.1, 0.15) is 0 Å². The zero-order valence-corrected chi connectivity index (χ0v) is 19.2. The molecule has 0 spiro atoms. The molecule has 0 radical (unpaired) electrons. The first kappa shape index (κ1) is 22.5. The molecule has 0 atom stereocenters. The number of methoxy groups -OCH3 is 2. The van der Waals surface area contributed by atoms with Crippen molar-refractivity contribution in [2.45, 2.75) is 13.1 Å². The van der Waals surface area contributed by atoms with Gasteiger partial charge in [-0.25, -0.2) is 0 Å². The van der Waals surface area contributed by atoms with Crippen molar-refractivity contribution in [2.24, 2.45) is 4.99 Å². The number of nitrogens with zero attached hydrogens (tertiary/aromatic N) is 2. The highest BCUT2D eigenvalue weighted by molar-refractivity contribution is 8.18. The second-order valence-corrected chi connectivity index (χ2v) is 8.36. The van der Waals surface area contributed by atoms with Crippen molar-refractivity contribution in [2.75, 3.05) is 14.2 Å². The van der Waals surface area contributed by atoms with Crippen LogP contribution in [0.5, 0.6) is 17.2 Å². The van der Waals surface area contributed by atoms with Crippen LogP contribution < -0.4 is 9.47 Å². The number of phenolic OH excluding ortho intramolecular Hbond substituents is 1. The molecule has 1 aliphatic rings. The summed E-state index contributed by atoms with van der Waals surface area (Å²) in [4.78, 5) is 20.3. The van der Waals surface area contributed by atoms with E-state index >= 15 is 0 Å². The number of ether oxygens (including phenoxy) is 2. The molecule has 3 aromatic rings. The fourth-order valence-electron chi connectivity index (χ4n) is 3.42. The van der Waals surface area contributed by atoms with Crippen LogP contribution in [0.2, 0.25) is 0 Å². The second kappa shape index (κ2) is 10.3. The number of hydrogen-bond acceptors (Lipinski definition) is 6. The summed E-state index contributed by atoms with van der Waals surface area (Å²) >= 11 is 1.33. The van der Waals surface area contributed by atoms with Gasteiger partial charge in [0.25, 0.3) is 5.91 Å². The van der Waals surface area contributed by atoms with Crippen LogP contribution in [-0.2, 0) is 17.9 Å². The number of aliphatic imine (C=N–C) groups is 1. The minimum Gasteiger partial charge on any atom is -0.502 e. The maximum atomic E-state index is 13.4. The summed E-state index contributed by atoms with van der Waals surface area (Å²) in [6.45, 7) is 0.912. The zero-order valence-electron chi connectivity index (χ0n) is 18.4. The minimum absolute atomic E-state index is 0.0802. The lowest BCUT2D eigenvalue weighted by atomic mass is 10.1. The molecule has 0 aliphatic carbocycles. The molecule has 3 aromatic carbocycles. The normalized spacial score (nSPS) is 15.9. The summed E-state index contributed by atoms with van der Waals surface area (Å²) in [7, 11) is 2.94. The summed E-state index contributed by atoms with van der Waals surface area (Å²) < 4.78 is 10.5. The van der Waals surface area contributed by atoms with Gasteiger partial charge < -0.3 is 14.6 Å². The van der Waals surface area contributed by atoms with Crippen molar-refractivity contribution in [3.63, 3.8) is 0 Å². The lowest BCUT2D eigenvalue weighted by Crippen LogP contribution is -2.28. The van der Waals surface area contributed by atoms with Gasteiger partial charge in [0.15, 0.2) is 16.7 Å². The molecule has 1 fully saturated rings. The summed E-state index contributed by atoms with van der Waals surface area (Å²) in [6, 6.07) is 23.1. The van der Waals surface area contributed by atoms with E-state index < -0.39 is 0 Å². The molecular weight excluding hydrogens is 436 g/mol. The van der Waals surface area contributed by atoms with Gasteiger partial charge in [-0.1, -0.05) is 60.7 Å². The number of carbonyl (C=O) groups excluding carboxylic acids is 1. The van der Waals surface area contributed by atoms with Gasteiger partial charge in [-0.15, -0.1) is 0 Å². The van der Waals surface area contributed by atoms with Crippen LogP contribution in [0.3, 0.4) is 0 Å². The Morgan fingerprint density at radius 2 is 1.52 bits per heavy atom. The van der Waals surface area contributed by atoms with Gasteiger partial charge in [0.2, 0.25) is 5.75 Å². The Labute approximate surface area is 197 Å². The van der Waals surface area contributed by atoms with E-state index in [1.165, 1.54) is 26.0 Å². The molecule has 1 N–H and O–H groups in total. The molecule has 1 saturated heterocycles. The van der Waals surface area contributed by atoms with E-state index in [1.807, 2.05) is 60.7 Å². The van der Waals surface area contributed by atoms with Gasteiger partial charge in [-0.3, -0.25) is 14.7 Å². The smallest absolute Gasteiger partial charge is 0.267 e. The van der Waals surface area contributed by atoms with E-state index in [4.69, 9.17) is 14.5 Å². The Morgan fingerprint density at radius 1 is 0.939 bits per heavy atom. The van der Waals surface area contributed by atoms with E-state index in [0.29, 0.717) is 28.7 Å². The molecule has 6 nitrogen and oxygen atoms in total. The highest BCUT2D eigenvalue weighted by atomic mass is 32.2. The molecule has 0 unspecified atom stereocenters. The second-order valence-electron chi connectivity index (χ2n) is 7.35. The Bertz CT molecular complexity index is 1170. The van der Waals surface area contributed by atoms with Crippen LogP contribution in [0.1, 0.15) is 16.7 Å². The number of amides is 1. The fourth-order valence-corrected chi connectivity index (χ4v) is 4.40. The number of benzene rings is 3. The largest absolute Gasteiger partial charge is 0.502 e. The third kappa shape index (κ3) is 5.21. The van der Waals surface area contributed by atoms with E-state index in [9.17, 15) is 9.90 Å². The molecule has 1 aliphatic heterocycles. The third-order valence-corrected chi connectivity index (χ3v) is 6.16. The van der Waals surface area contributed by atoms with Crippen LogP contribution in [0, 0.1) is 0 Å². The molecule has 33 heavy (non-hydrogen) atoms. The third-order valence-electron chi connectivity index (χ3n) is 5.11. The SMILES string of the molecule is COc1cc(/C=C2/SC(=NCc3ccccc3)N(Cc3ccccc3)C2=O)cc(OC)c1O. The first-order chi connectivity index (χ1) is 16.1. The number of amidine groups is 1. The van der Waals surface area contributed by atoms with E-state index in [1.54, 1.807) is 23.1 Å². The van der Waals surface area contributed by atoms with Crippen molar-refractivity contribution in [1.29, 1.82) is 0 Å². The first-order valence-corrected chi connectivity index (χ1v) is 11.2. The van der Waals surface area contributed by atoms with Crippen molar-refractivity contribution < 1.29 is 19.4 Å². The van der Waals surface area contributed by atoms with E-state index in [-0.39, 0.29) is 23.2 Å². The summed E-state index contributed by atoms with van der Waals surface area (Å²) in [5.41, 5.74) is 2.78. The van der Waals surface area contributed by atoms with Crippen molar-refractivity contribution in [3.8, 4) is 17.2 Å². The van der Waals surface area contributed by atoms with Crippen LogP contribution >= 0.6 is 11.8 Å². The molecule has 0 saturated carbocycles. The van der Waals surface area contributed by atoms with E-state index in [2.05, 4.69) is 0 Å². The summed E-state index contributed by atoms with van der Waals surface area (Å²) in [5.74, 6) is 0.344. The maximum absolute atomic E-state index is 13.4. The van der Waals surface area contributed by atoms with Crippen molar-refractivity contribution >= 4 is 28.9 Å². The zero-order chi connectivity index (χ0) is 23.2. The summed E-state index contributed by atoms with van der Waals surface area (Å²) in [6.07, 6.45) is 1.76. The average Bonchev–Trinajstić information content (AvgIpc) is 3.14. The Hall–Kier alpha value is -3.71. The number of hydrogen-bond donors (Lipinski definition) is 1. The van der Waals surface area contributed by atoms with Gasteiger partial charge in [0.05, 0.1) is 32.2 Å². The molecule has 4 rings (SSSR count). The average molecular weight is 461 g/mol. The number of carbonyl (C=O) groups is 1. The number of rotatable bonds is 7. The molecule has 1 heterocycles. The quantitative estimate of drug-likeness (QED) is 0.498. The van der Waals surface area contributed by atoms with Gasteiger partial charge in [0, 0.05) is 0 Å². The number of thioether (sulfide) groups is 1. The predicted molar refractivity (Wildman–Crippen MR) is 131 cm³/mol. The summed E-state index contributed by atoms with van der Waals surface area (Å²) in [5, 5.41) is 10.8. The Morgan fingerprint density at radius 3 is 2.09 bits per heavy atom. The Balaban J connectivity index is 1.67. The van der Waals surface area contributed by atoms with Gasteiger partial charge >= 0.3 is 0 Å². The topological polar surface area (TPSA) is 71.4 Å². The monoisotopic (exact) mass is 460 g/mol. The molecule has 1 amide bonds. The van der Waals surface area contributed by atoms with Gasteiger partial charge in [-0.2, -0.15) is 0 Å². The van der Waals surface area contributed by atoms with Crippen LogP contribution in [-0.4, -0.2) is 35.3 Å². The van der Waals surface area contributed by atoms with Crippen LogP contribution in [0.4, 0.5) is 0 Å². The van der Waals surface area contributed by atoms with Crippen molar-refractivity contribution in [3.05, 3.63) is 94.4 Å². The highest BCUT2D eigenvalue weighted by Gasteiger charge is 2.33. The fraction of sp³-hybridized carbons (Fsp3) is 0.154. The lowest BCUT2D eigenvalue weighted by Gasteiger charge is -2.15. The van der Waals surface area contributed by atoms with E-state index in [0.717, 1.165) is 11.1 Å². The van der Waals surface area contributed by atoms with Crippen LogP contribution in [0.15, 0.2) is 82.7 Å². The predicted octanol–water partition coefficient (Wildman–Crippen LogP) is 5.08. The molecule has 0 bridgehead atoms. The number of phenols is 1. The molecule has 168 valence electrons. The first-order valence-electron chi connectivity index (χ1n) is 10.4. The standard InChI is InChI=1S/C26H24N2O4S/c1-31-21-13-20(14-22(32-2)24(21)29)15-23-25(30)28(17-19-11-7-4-8-12-19)26(33-23)27-16-18-9-5-3-6-10-18/h3-15,29H,16-17H2,1-2H3/b23-15+,27-26?. The molecule has 0 aromatic heterocycles. The lowest BCUT2D eigenvalue weighted by molar-refractivity contribution is -0.122. The van der Waals surface area contributed by atoms with Crippen LogP contribution in [0.25, 0.3) is 6.08 Å². The number of aromatic hydroxyl groups is 1. The Kier molecular flexibility index (Phi) is 7.00. The molecule has 7 heteroatoms. The highest BCUT2D eigenvalue weighted by Crippen LogP contribution is 2.39. The van der Waals surface area contributed by atoms with Crippen molar-refractivity contribution in [1.82, 2.24) is 4.90 Å². The van der Waals surface area contributed by atoms with Gasteiger partial charge in [-0.05, 0) is 46.7 Å². The minimum atomic E-state index is -0.123. The maximum Gasteiger partial charge on any atom is 0.267 e.